The van der Waals surface area contributed by atoms with E-state index < -0.39 is 0 Å². The minimum atomic E-state index is -0.214. The van der Waals surface area contributed by atoms with Crippen LogP contribution in [0.3, 0.4) is 0 Å². The van der Waals surface area contributed by atoms with Crippen LogP contribution in [0.4, 0.5) is 0 Å². The van der Waals surface area contributed by atoms with Gasteiger partial charge in [0.05, 0.1) is 35.2 Å². The number of benzene rings is 1. The predicted molar refractivity (Wildman–Crippen MR) is 87.6 cm³/mol. The van der Waals surface area contributed by atoms with Crippen molar-refractivity contribution >= 4 is 16.8 Å². The summed E-state index contributed by atoms with van der Waals surface area (Å²) in [7, 11) is 0. The highest BCUT2D eigenvalue weighted by Crippen LogP contribution is 2.23. The molecule has 0 fully saturated rings. The van der Waals surface area contributed by atoms with Crippen molar-refractivity contribution in [3.63, 3.8) is 0 Å². The summed E-state index contributed by atoms with van der Waals surface area (Å²) in [5.41, 5.74) is 2.63. The minimum absolute atomic E-state index is 0.214. The number of pyridine rings is 1. The zero-order valence-corrected chi connectivity index (χ0v) is 13.1. The van der Waals surface area contributed by atoms with Crippen molar-refractivity contribution in [1.82, 2.24) is 10.3 Å². The molecule has 0 aliphatic carbocycles. The van der Waals surface area contributed by atoms with E-state index in [9.17, 15) is 4.79 Å². The van der Waals surface area contributed by atoms with Crippen LogP contribution in [0.15, 0.2) is 24.4 Å². The molecule has 0 aliphatic heterocycles. The number of nitrogens with one attached hydrogen (secondary N) is 1. The van der Waals surface area contributed by atoms with Crippen LogP contribution < -0.4 is 5.32 Å². The number of aryl methyl sites for hydroxylation is 1. The molecule has 1 aromatic heterocycles. The quantitative estimate of drug-likeness (QED) is 0.830. The zero-order valence-electron chi connectivity index (χ0n) is 13.1. The molecule has 0 bridgehead atoms. The third-order valence-electron chi connectivity index (χ3n) is 3.62. The van der Waals surface area contributed by atoms with Crippen LogP contribution in [0.1, 0.15) is 47.7 Å². The van der Waals surface area contributed by atoms with Gasteiger partial charge in [-0.15, -0.1) is 0 Å². The first-order valence-corrected chi connectivity index (χ1v) is 7.68. The summed E-state index contributed by atoms with van der Waals surface area (Å²) in [6, 6.07) is 9.26. The molecule has 2 aromatic rings. The molecule has 116 valence electrons. The van der Waals surface area contributed by atoms with Crippen LogP contribution >= 0.6 is 0 Å². The molecule has 2 rings (SSSR count). The summed E-state index contributed by atoms with van der Waals surface area (Å²) >= 11 is 0. The SMILES string of the molecule is CCCCc1cnc2ccc(C#N)cc2c1C(=O)NCCC#N. The number of carbonyl (C=O) groups is 1. The number of nitriles is 2. The lowest BCUT2D eigenvalue weighted by atomic mass is 9.98. The first-order chi connectivity index (χ1) is 11.2. The molecule has 0 atom stereocenters. The Labute approximate surface area is 135 Å². The van der Waals surface area contributed by atoms with E-state index in [-0.39, 0.29) is 12.3 Å². The summed E-state index contributed by atoms with van der Waals surface area (Å²) in [5.74, 6) is -0.214. The van der Waals surface area contributed by atoms with Gasteiger partial charge in [-0.25, -0.2) is 0 Å². The van der Waals surface area contributed by atoms with Crippen molar-refractivity contribution in [3.05, 3.63) is 41.1 Å². The molecule has 1 N–H and O–H groups in total. The molecular weight excluding hydrogens is 288 g/mol. The Morgan fingerprint density at radius 2 is 2.17 bits per heavy atom. The number of rotatable bonds is 6. The minimum Gasteiger partial charge on any atom is -0.351 e. The lowest BCUT2D eigenvalue weighted by molar-refractivity contribution is 0.0955. The summed E-state index contributed by atoms with van der Waals surface area (Å²) in [6.45, 7) is 2.40. The van der Waals surface area contributed by atoms with Gasteiger partial charge in [-0.1, -0.05) is 13.3 Å². The van der Waals surface area contributed by atoms with E-state index >= 15 is 0 Å². The van der Waals surface area contributed by atoms with Crippen LogP contribution in [-0.2, 0) is 6.42 Å². The number of carbonyl (C=O) groups excluding carboxylic acids is 1. The van der Waals surface area contributed by atoms with E-state index in [1.807, 2.05) is 6.07 Å². The monoisotopic (exact) mass is 306 g/mol. The van der Waals surface area contributed by atoms with Gasteiger partial charge in [0.15, 0.2) is 0 Å². The molecule has 0 unspecified atom stereocenters. The van der Waals surface area contributed by atoms with E-state index in [1.165, 1.54) is 0 Å². The Balaban J connectivity index is 2.52. The molecule has 0 spiro atoms. The van der Waals surface area contributed by atoms with Crippen molar-refractivity contribution in [3.8, 4) is 12.1 Å². The van der Waals surface area contributed by atoms with Crippen molar-refractivity contribution in [1.29, 1.82) is 10.5 Å². The van der Waals surface area contributed by atoms with E-state index in [1.54, 1.807) is 24.4 Å². The number of fused-ring (bicyclic) bond motifs is 1. The van der Waals surface area contributed by atoms with E-state index in [0.717, 1.165) is 24.8 Å². The van der Waals surface area contributed by atoms with Crippen LogP contribution in [0.25, 0.3) is 10.9 Å². The normalized spacial score (nSPS) is 10.0. The molecule has 0 saturated heterocycles. The van der Waals surface area contributed by atoms with Gasteiger partial charge in [-0.3, -0.25) is 9.78 Å². The Morgan fingerprint density at radius 1 is 1.35 bits per heavy atom. The molecule has 1 heterocycles. The summed E-state index contributed by atoms with van der Waals surface area (Å²) in [6.07, 6.45) is 4.75. The third-order valence-corrected chi connectivity index (χ3v) is 3.62. The highest BCUT2D eigenvalue weighted by Gasteiger charge is 2.16. The molecular formula is C18H18N4O. The van der Waals surface area contributed by atoms with Gasteiger partial charge in [-0.05, 0) is 36.6 Å². The van der Waals surface area contributed by atoms with Crippen LogP contribution in [0.2, 0.25) is 0 Å². The molecule has 23 heavy (non-hydrogen) atoms. The van der Waals surface area contributed by atoms with E-state index in [0.29, 0.717) is 28.6 Å². The van der Waals surface area contributed by atoms with Crippen LogP contribution in [0.5, 0.6) is 0 Å². The largest absolute Gasteiger partial charge is 0.351 e. The lowest BCUT2D eigenvalue weighted by Crippen LogP contribution is -2.26. The summed E-state index contributed by atoms with van der Waals surface area (Å²) in [4.78, 5) is 17.0. The standard InChI is InChI=1S/C18H18N4O/c1-2-3-5-14-12-22-16-7-6-13(11-20)10-15(16)17(14)18(23)21-9-4-8-19/h6-7,10,12H,2-5,9H2,1H3,(H,21,23). The first kappa shape index (κ1) is 16.5. The maximum Gasteiger partial charge on any atom is 0.252 e. The molecule has 1 amide bonds. The maximum absolute atomic E-state index is 12.6. The Bertz CT molecular complexity index is 799. The molecule has 1 aromatic carbocycles. The molecule has 5 nitrogen and oxygen atoms in total. The number of hydrogen-bond donors (Lipinski definition) is 1. The highest BCUT2D eigenvalue weighted by molar-refractivity contribution is 6.07. The smallest absolute Gasteiger partial charge is 0.252 e. The second kappa shape index (κ2) is 7.91. The summed E-state index contributed by atoms with van der Waals surface area (Å²) in [5, 5.41) is 21.2. The Morgan fingerprint density at radius 3 is 2.87 bits per heavy atom. The topological polar surface area (TPSA) is 89.6 Å². The van der Waals surface area contributed by atoms with Gasteiger partial charge in [-0.2, -0.15) is 10.5 Å². The average molecular weight is 306 g/mol. The predicted octanol–water partition coefficient (Wildman–Crippen LogP) is 3.09. The Kier molecular flexibility index (Phi) is 5.66. The maximum atomic E-state index is 12.6. The van der Waals surface area contributed by atoms with E-state index in [4.69, 9.17) is 10.5 Å². The van der Waals surface area contributed by atoms with Crippen molar-refractivity contribution in [2.24, 2.45) is 0 Å². The second-order valence-corrected chi connectivity index (χ2v) is 5.27. The van der Waals surface area contributed by atoms with Gasteiger partial charge in [0.1, 0.15) is 0 Å². The van der Waals surface area contributed by atoms with Gasteiger partial charge in [0.25, 0.3) is 5.91 Å². The molecule has 0 saturated carbocycles. The van der Waals surface area contributed by atoms with Gasteiger partial charge >= 0.3 is 0 Å². The average Bonchev–Trinajstić information content (AvgIpc) is 2.58. The zero-order chi connectivity index (χ0) is 16.7. The number of hydrogen-bond acceptors (Lipinski definition) is 4. The Hall–Kier alpha value is -2.92. The number of amides is 1. The van der Waals surface area contributed by atoms with Gasteiger partial charge in [0.2, 0.25) is 0 Å². The fourth-order valence-electron chi connectivity index (χ4n) is 2.45. The molecule has 0 aliphatic rings. The lowest BCUT2D eigenvalue weighted by Gasteiger charge is -2.12. The summed E-state index contributed by atoms with van der Waals surface area (Å²) < 4.78 is 0. The first-order valence-electron chi connectivity index (χ1n) is 7.68. The molecule has 5 heteroatoms. The molecule has 0 radical (unpaired) electrons. The second-order valence-electron chi connectivity index (χ2n) is 5.27. The third kappa shape index (κ3) is 3.84. The van der Waals surface area contributed by atoms with Crippen molar-refractivity contribution < 1.29 is 4.79 Å². The highest BCUT2D eigenvalue weighted by atomic mass is 16.1. The fourth-order valence-corrected chi connectivity index (χ4v) is 2.45. The number of unbranched alkanes of at least 4 members (excludes halogenated alkanes) is 1. The fraction of sp³-hybridized carbons (Fsp3) is 0.333. The van der Waals surface area contributed by atoms with Gasteiger partial charge in [0, 0.05) is 18.1 Å². The van der Waals surface area contributed by atoms with Crippen LogP contribution in [-0.4, -0.2) is 17.4 Å². The van der Waals surface area contributed by atoms with Gasteiger partial charge < -0.3 is 5.32 Å². The van der Waals surface area contributed by atoms with E-state index in [2.05, 4.69) is 23.3 Å². The number of nitrogens with zero attached hydrogens (tertiary/aromatic N) is 3. The number of aromatic nitrogens is 1. The van der Waals surface area contributed by atoms with Crippen LogP contribution in [0, 0.1) is 22.7 Å². The van der Waals surface area contributed by atoms with Crippen molar-refractivity contribution in [2.45, 2.75) is 32.6 Å². The van der Waals surface area contributed by atoms with Crippen molar-refractivity contribution in [2.75, 3.05) is 6.54 Å².